The van der Waals surface area contributed by atoms with E-state index in [0.717, 1.165) is 5.01 Å². The van der Waals surface area contributed by atoms with Crippen LogP contribution in [0.5, 0.6) is 0 Å². The fourth-order valence-corrected chi connectivity index (χ4v) is 1.54. The number of hydrogen-bond donors (Lipinski definition) is 2. The number of nitrogens with two attached hydrogens (primary N) is 2. The predicted octanol–water partition coefficient (Wildman–Crippen LogP) is 0.00602. The molecule has 0 amide bonds. The third-order valence-corrected chi connectivity index (χ3v) is 2.34. The monoisotopic (exact) mass is 196 g/mol. The van der Waals surface area contributed by atoms with E-state index in [2.05, 4.69) is 15.2 Å². The summed E-state index contributed by atoms with van der Waals surface area (Å²) in [5, 5.41) is 10.3. The normalized spacial score (nSPS) is 10.5. The van der Waals surface area contributed by atoms with Gasteiger partial charge in [0, 0.05) is 5.38 Å². The van der Waals surface area contributed by atoms with Gasteiger partial charge >= 0.3 is 0 Å². The lowest BCUT2D eigenvalue weighted by molar-refractivity contribution is 1.01. The van der Waals surface area contributed by atoms with Crippen molar-refractivity contribution in [3.8, 4) is 11.5 Å². The Bertz CT molecular complexity index is 430. The molecule has 0 aliphatic rings. The Labute approximate surface area is 78.2 Å². The quantitative estimate of drug-likeness (QED) is 0.626. The summed E-state index contributed by atoms with van der Waals surface area (Å²) < 4.78 is 1.22. The number of nitrogen functional groups attached to an aromatic ring is 2. The molecule has 2 aromatic rings. The molecule has 0 saturated carbocycles. The lowest BCUT2D eigenvalue weighted by Crippen LogP contribution is -2.13. The maximum atomic E-state index is 5.58. The van der Waals surface area contributed by atoms with Crippen molar-refractivity contribution in [2.45, 2.75) is 6.92 Å². The average Bonchev–Trinajstić information content (AvgIpc) is 2.62. The summed E-state index contributed by atoms with van der Waals surface area (Å²) in [5.74, 6) is 6.24. The largest absolute Gasteiger partial charge is 0.366 e. The van der Waals surface area contributed by atoms with E-state index in [1.807, 2.05) is 12.3 Å². The zero-order valence-electron chi connectivity index (χ0n) is 6.93. The van der Waals surface area contributed by atoms with Crippen molar-refractivity contribution in [1.82, 2.24) is 19.9 Å². The number of aromatic nitrogens is 4. The van der Waals surface area contributed by atoms with Crippen LogP contribution in [0.1, 0.15) is 5.01 Å². The molecule has 0 aromatic carbocycles. The van der Waals surface area contributed by atoms with Crippen LogP contribution in [0.15, 0.2) is 5.38 Å². The lowest BCUT2D eigenvalue weighted by Gasteiger charge is -1.95. The maximum Gasteiger partial charge on any atom is 0.241 e. The Kier molecular flexibility index (Phi) is 1.66. The van der Waals surface area contributed by atoms with Gasteiger partial charge in [0.15, 0.2) is 0 Å². The highest BCUT2D eigenvalue weighted by Crippen LogP contribution is 2.19. The molecular formula is C6H8N6S. The van der Waals surface area contributed by atoms with E-state index in [1.54, 1.807) is 0 Å². The van der Waals surface area contributed by atoms with Crippen LogP contribution in [-0.4, -0.2) is 19.9 Å². The number of thiazole rings is 1. The molecule has 0 fully saturated rings. The van der Waals surface area contributed by atoms with E-state index in [0.29, 0.717) is 11.5 Å². The van der Waals surface area contributed by atoms with Crippen LogP contribution in [0.25, 0.3) is 11.5 Å². The van der Waals surface area contributed by atoms with Gasteiger partial charge in [0.25, 0.3) is 0 Å². The highest BCUT2D eigenvalue weighted by atomic mass is 32.1. The Balaban J connectivity index is 2.52. The topological polar surface area (TPSA) is 95.6 Å². The van der Waals surface area contributed by atoms with E-state index >= 15 is 0 Å². The van der Waals surface area contributed by atoms with Gasteiger partial charge in [-0.3, -0.25) is 0 Å². The summed E-state index contributed by atoms with van der Waals surface area (Å²) >= 11 is 1.53. The molecule has 0 radical (unpaired) electrons. The van der Waals surface area contributed by atoms with E-state index in [9.17, 15) is 0 Å². The van der Waals surface area contributed by atoms with Crippen molar-refractivity contribution in [1.29, 1.82) is 0 Å². The number of aryl methyl sites for hydroxylation is 1. The highest BCUT2D eigenvalue weighted by molar-refractivity contribution is 7.09. The molecule has 0 aliphatic heterocycles. The molecular weight excluding hydrogens is 188 g/mol. The lowest BCUT2D eigenvalue weighted by atomic mass is 10.5. The first kappa shape index (κ1) is 7.99. The first-order valence-electron chi connectivity index (χ1n) is 3.57. The molecule has 6 nitrogen and oxygen atoms in total. The molecule has 0 aliphatic carbocycles. The second kappa shape index (κ2) is 2.70. The molecule has 2 heterocycles. The average molecular weight is 196 g/mol. The molecule has 0 bridgehead atoms. The van der Waals surface area contributed by atoms with E-state index < -0.39 is 0 Å². The van der Waals surface area contributed by atoms with Crippen LogP contribution in [0.3, 0.4) is 0 Å². The Hall–Kier alpha value is -1.63. The summed E-state index contributed by atoms with van der Waals surface area (Å²) in [5.41, 5.74) is 6.13. The van der Waals surface area contributed by atoms with Gasteiger partial charge < -0.3 is 11.6 Å². The molecule has 13 heavy (non-hydrogen) atoms. The van der Waals surface area contributed by atoms with Crippen molar-refractivity contribution in [2.24, 2.45) is 0 Å². The van der Waals surface area contributed by atoms with Gasteiger partial charge in [0.1, 0.15) is 5.69 Å². The molecule has 7 heteroatoms. The standard InChI is InChI=1S/C6H8N6S/c1-3-9-4(2-13-3)5-10-11-6(7)12(5)8/h2H,8H2,1H3,(H2,7,11). The highest BCUT2D eigenvalue weighted by Gasteiger charge is 2.11. The third kappa shape index (κ3) is 1.22. The molecule has 4 N–H and O–H groups in total. The van der Waals surface area contributed by atoms with Crippen LogP contribution in [-0.2, 0) is 0 Å². The van der Waals surface area contributed by atoms with Crippen LogP contribution >= 0.6 is 11.3 Å². The molecule has 0 spiro atoms. The van der Waals surface area contributed by atoms with Gasteiger partial charge in [-0.2, -0.15) is 0 Å². The fraction of sp³-hybridized carbons (Fsp3) is 0.167. The number of anilines is 1. The van der Waals surface area contributed by atoms with Crippen molar-refractivity contribution in [3.05, 3.63) is 10.4 Å². The molecule has 0 atom stereocenters. The summed E-state index contributed by atoms with van der Waals surface area (Å²) in [6.45, 7) is 1.91. The number of nitrogens with zero attached hydrogens (tertiary/aromatic N) is 4. The summed E-state index contributed by atoms with van der Waals surface area (Å²) in [4.78, 5) is 4.21. The van der Waals surface area contributed by atoms with Crippen LogP contribution in [0.4, 0.5) is 5.95 Å². The van der Waals surface area contributed by atoms with E-state index in [4.69, 9.17) is 11.6 Å². The zero-order valence-corrected chi connectivity index (χ0v) is 7.75. The molecule has 68 valence electrons. The van der Waals surface area contributed by atoms with Gasteiger partial charge in [-0.1, -0.05) is 0 Å². The minimum Gasteiger partial charge on any atom is -0.366 e. The maximum absolute atomic E-state index is 5.58. The van der Waals surface area contributed by atoms with Gasteiger partial charge in [0.2, 0.25) is 11.8 Å². The summed E-state index contributed by atoms with van der Waals surface area (Å²) in [6, 6.07) is 0. The first-order valence-corrected chi connectivity index (χ1v) is 4.45. The minimum absolute atomic E-state index is 0.181. The van der Waals surface area contributed by atoms with Gasteiger partial charge in [-0.15, -0.1) is 21.5 Å². The second-order valence-electron chi connectivity index (χ2n) is 2.50. The van der Waals surface area contributed by atoms with Gasteiger partial charge in [-0.25, -0.2) is 9.66 Å². The smallest absolute Gasteiger partial charge is 0.241 e. The summed E-state index contributed by atoms with van der Waals surface area (Å²) in [7, 11) is 0. The molecule has 0 unspecified atom stereocenters. The van der Waals surface area contributed by atoms with E-state index in [-0.39, 0.29) is 5.95 Å². The van der Waals surface area contributed by atoms with Gasteiger partial charge in [-0.05, 0) is 6.92 Å². The predicted molar refractivity (Wildman–Crippen MR) is 50.4 cm³/mol. The minimum atomic E-state index is 0.181. The van der Waals surface area contributed by atoms with E-state index in [1.165, 1.54) is 16.0 Å². The fourth-order valence-electron chi connectivity index (χ4n) is 0.944. The zero-order chi connectivity index (χ0) is 9.42. The number of hydrogen-bond acceptors (Lipinski definition) is 6. The molecule has 0 saturated heterocycles. The first-order chi connectivity index (χ1) is 6.18. The Morgan fingerprint density at radius 1 is 1.46 bits per heavy atom. The Morgan fingerprint density at radius 3 is 2.69 bits per heavy atom. The molecule has 2 rings (SSSR count). The van der Waals surface area contributed by atoms with Gasteiger partial charge in [0.05, 0.1) is 5.01 Å². The van der Waals surface area contributed by atoms with Crippen molar-refractivity contribution in [3.63, 3.8) is 0 Å². The SMILES string of the molecule is Cc1nc(-c2nnc(N)n2N)cs1. The Morgan fingerprint density at radius 2 is 2.23 bits per heavy atom. The van der Waals surface area contributed by atoms with Crippen LogP contribution < -0.4 is 11.6 Å². The van der Waals surface area contributed by atoms with Crippen LogP contribution in [0.2, 0.25) is 0 Å². The second-order valence-corrected chi connectivity index (χ2v) is 3.57. The number of rotatable bonds is 1. The van der Waals surface area contributed by atoms with Crippen molar-refractivity contribution < 1.29 is 0 Å². The van der Waals surface area contributed by atoms with Crippen molar-refractivity contribution >= 4 is 17.3 Å². The van der Waals surface area contributed by atoms with Crippen molar-refractivity contribution in [2.75, 3.05) is 11.6 Å². The van der Waals surface area contributed by atoms with Crippen LogP contribution in [0, 0.1) is 6.92 Å². The third-order valence-electron chi connectivity index (χ3n) is 1.57. The summed E-state index contributed by atoms with van der Waals surface area (Å²) in [6.07, 6.45) is 0. The molecule has 2 aromatic heterocycles.